The minimum atomic E-state index is -0.277. The summed E-state index contributed by atoms with van der Waals surface area (Å²) in [6.45, 7) is 3.89. The van der Waals surface area contributed by atoms with Gasteiger partial charge in [0.05, 0.1) is 24.1 Å². The number of anilines is 1. The fourth-order valence-corrected chi connectivity index (χ4v) is 1.50. The van der Waals surface area contributed by atoms with Gasteiger partial charge in [0.1, 0.15) is 5.56 Å². The van der Waals surface area contributed by atoms with Gasteiger partial charge in [-0.25, -0.2) is 0 Å². The lowest BCUT2D eigenvalue weighted by molar-refractivity contribution is 0.0950. The molecule has 0 saturated heterocycles. The molecule has 0 bridgehead atoms. The van der Waals surface area contributed by atoms with Crippen molar-refractivity contribution >= 4 is 11.7 Å². The fraction of sp³-hybridized carbons (Fsp3) is 0.273. The predicted molar refractivity (Wildman–Crippen MR) is 65.7 cm³/mol. The highest BCUT2D eigenvalue weighted by molar-refractivity contribution is 5.99. The van der Waals surface area contributed by atoms with Crippen LogP contribution in [0.3, 0.4) is 0 Å². The van der Waals surface area contributed by atoms with E-state index in [9.17, 15) is 4.79 Å². The molecule has 2 aromatic heterocycles. The monoisotopic (exact) mass is 246 g/mol. The molecule has 4 N–H and O–H groups in total. The summed E-state index contributed by atoms with van der Waals surface area (Å²) in [7, 11) is 0. The average Bonchev–Trinajstić information content (AvgIpc) is 2.68. The number of hydrogen-bond acceptors (Lipinski definition) is 5. The maximum Gasteiger partial charge on any atom is 0.257 e. The van der Waals surface area contributed by atoms with E-state index in [1.807, 2.05) is 6.92 Å². The zero-order valence-electron chi connectivity index (χ0n) is 10.2. The summed E-state index contributed by atoms with van der Waals surface area (Å²) >= 11 is 0. The van der Waals surface area contributed by atoms with Crippen molar-refractivity contribution in [1.29, 1.82) is 0 Å². The Kier molecular flexibility index (Phi) is 3.22. The highest BCUT2D eigenvalue weighted by Crippen LogP contribution is 2.11. The number of nitrogens with zero attached hydrogens (tertiary/aromatic N) is 3. The molecule has 0 spiro atoms. The van der Waals surface area contributed by atoms with Crippen molar-refractivity contribution in [2.45, 2.75) is 20.4 Å². The Labute approximate surface area is 104 Å². The molecule has 0 saturated carbocycles. The first-order chi connectivity index (χ1) is 8.58. The number of aryl methyl sites for hydroxylation is 2. The third-order valence-corrected chi connectivity index (χ3v) is 2.47. The molecule has 0 aromatic carbocycles. The summed E-state index contributed by atoms with van der Waals surface area (Å²) in [5.74, 6) is -0.0823. The molecule has 0 radical (unpaired) electrons. The molecule has 7 nitrogen and oxygen atoms in total. The van der Waals surface area contributed by atoms with Crippen LogP contribution in [0.25, 0.3) is 0 Å². The van der Waals surface area contributed by atoms with Crippen LogP contribution < -0.4 is 11.1 Å². The zero-order valence-corrected chi connectivity index (χ0v) is 10.2. The molecule has 7 heteroatoms. The van der Waals surface area contributed by atoms with E-state index in [0.717, 1.165) is 5.69 Å². The van der Waals surface area contributed by atoms with Crippen LogP contribution in [0, 0.1) is 13.8 Å². The second-order valence-corrected chi connectivity index (χ2v) is 3.94. The third-order valence-electron chi connectivity index (χ3n) is 2.47. The first kappa shape index (κ1) is 12.0. The van der Waals surface area contributed by atoms with Crippen molar-refractivity contribution < 1.29 is 4.79 Å². The van der Waals surface area contributed by atoms with Crippen LogP contribution in [-0.2, 0) is 6.54 Å². The first-order valence-corrected chi connectivity index (χ1v) is 5.44. The van der Waals surface area contributed by atoms with Crippen LogP contribution in [0.5, 0.6) is 0 Å². The van der Waals surface area contributed by atoms with Gasteiger partial charge in [-0.15, -0.1) is 0 Å². The Hall–Kier alpha value is -2.44. The second-order valence-electron chi connectivity index (χ2n) is 3.94. The smallest absolute Gasteiger partial charge is 0.257 e. The zero-order chi connectivity index (χ0) is 13.1. The summed E-state index contributed by atoms with van der Waals surface area (Å²) in [6, 6.07) is 0. The maximum absolute atomic E-state index is 11.9. The van der Waals surface area contributed by atoms with Gasteiger partial charge in [0.25, 0.3) is 5.91 Å². The number of aromatic amines is 1. The van der Waals surface area contributed by atoms with E-state index in [2.05, 4.69) is 25.5 Å². The predicted octanol–water partition coefficient (Wildman–Crippen LogP) is 0.329. The van der Waals surface area contributed by atoms with Crippen LogP contribution in [0.1, 0.15) is 27.4 Å². The van der Waals surface area contributed by atoms with Gasteiger partial charge in [-0.2, -0.15) is 5.10 Å². The van der Waals surface area contributed by atoms with Crippen molar-refractivity contribution in [3.8, 4) is 0 Å². The highest BCUT2D eigenvalue weighted by Gasteiger charge is 2.15. The number of rotatable bonds is 3. The molecule has 94 valence electrons. The van der Waals surface area contributed by atoms with Crippen molar-refractivity contribution in [3.05, 3.63) is 35.0 Å². The molecule has 2 aromatic rings. The van der Waals surface area contributed by atoms with E-state index >= 15 is 0 Å². The summed E-state index contributed by atoms with van der Waals surface area (Å²) in [5.41, 5.74) is 8.13. The van der Waals surface area contributed by atoms with Gasteiger partial charge in [-0.05, 0) is 13.8 Å². The molecular weight excluding hydrogens is 232 g/mol. The van der Waals surface area contributed by atoms with E-state index in [4.69, 9.17) is 5.73 Å². The SMILES string of the molecule is Cc1cnc(CNC(=O)c2c(N)n[nH]c2C)cn1. The molecule has 0 aliphatic carbocycles. The third kappa shape index (κ3) is 2.45. The molecule has 18 heavy (non-hydrogen) atoms. The number of carbonyl (C=O) groups excluding carboxylic acids is 1. The van der Waals surface area contributed by atoms with Gasteiger partial charge >= 0.3 is 0 Å². The number of nitrogens with one attached hydrogen (secondary N) is 2. The van der Waals surface area contributed by atoms with Crippen LogP contribution in [0.2, 0.25) is 0 Å². The topological polar surface area (TPSA) is 110 Å². The molecule has 0 atom stereocenters. The lowest BCUT2D eigenvalue weighted by atomic mass is 10.2. The molecule has 0 aliphatic rings. The molecule has 2 rings (SSSR count). The Morgan fingerprint density at radius 3 is 2.72 bits per heavy atom. The molecule has 0 fully saturated rings. The minimum Gasteiger partial charge on any atom is -0.382 e. The van der Waals surface area contributed by atoms with Gasteiger partial charge in [-0.1, -0.05) is 0 Å². The second kappa shape index (κ2) is 4.82. The van der Waals surface area contributed by atoms with Crippen LogP contribution in [-0.4, -0.2) is 26.1 Å². The summed E-state index contributed by atoms with van der Waals surface area (Å²) in [5, 5.41) is 9.15. The van der Waals surface area contributed by atoms with Gasteiger partial charge in [0.2, 0.25) is 0 Å². The minimum absolute atomic E-state index is 0.194. The van der Waals surface area contributed by atoms with Crippen LogP contribution in [0.4, 0.5) is 5.82 Å². The van der Waals surface area contributed by atoms with E-state index < -0.39 is 0 Å². The lowest BCUT2D eigenvalue weighted by Gasteiger charge is -2.04. The van der Waals surface area contributed by atoms with E-state index in [-0.39, 0.29) is 11.7 Å². The summed E-state index contributed by atoms with van der Waals surface area (Å²) < 4.78 is 0. The first-order valence-electron chi connectivity index (χ1n) is 5.44. The number of nitrogen functional groups attached to an aromatic ring is 1. The van der Waals surface area contributed by atoms with Crippen LogP contribution in [0.15, 0.2) is 12.4 Å². The highest BCUT2D eigenvalue weighted by atomic mass is 16.1. The van der Waals surface area contributed by atoms with E-state index in [0.29, 0.717) is 23.5 Å². The van der Waals surface area contributed by atoms with Crippen molar-refractivity contribution in [2.75, 3.05) is 5.73 Å². The van der Waals surface area contributed by atoms with Crippen molar-refractivity contribution in [2.24, 2.45) is 0 Å². The molecular formula is C11H14N6O. The lowest BCUT2D eigenvalue weighted by Crippen LogP contribution is -2.24. The standard InChI is InChI=1S/C11H14N6O/c1-6-3-14-8(4-13-6)5-15-11(18)9-7(2)16-17-10(9)12/h3-4H,5H2,1-2H3,(H,15,18)(H3,12,16,17). The molecule has 0 unspecified atom stereocenters. The fourth-order valence-electron chi connectivity index (χ4n) is 1.50. The number of aromatic nitrogens is 4. The molecule has 1 amide bonds. The van der Waals surface area contributed by atoms with Crippen molar-refractivity contribution in [1.82, 2.24) is 25.5 Å². The van der Waals surface area contributed by atoms with E-state index in [1.54, 1.807) is 19.3 Å². The number of amides is 1. The Bertz CT molecular complexity index is 540. The number of hydrogen-bond donors (Lipinski definition) is 3. The Morgan fingerprint density at radius 2 is 2.17 bits per heavy atom. The van der Waals surface area contributed by atoms with E-state index in [1.165, 1.54) is 0 Å². The summed E-state index contributed by atoms with van der Waals surface area (Å²) in [6.07, 6.45) is 3.28. The van der Waals surface area contributed by atoms with Crippen LogP contribution >= 0.6 is 0 Å². The normalized spacial score (nSPS) is 10.3. The van der Waals surface area contributed by atoms with Gasteiger partial charge in [0.15, 0.2) is 5.82 Å². The van der Waals surface area contributed by atoms with Gasteiger partial charge < -0.3 is 11.1 Å². The Balaban J connectivity index is 2.03. The molecule has 2 heterocycles. The number of H-pyrrole nitrogens is 1. The quantitative estimate of drug-likeness (QED) is 0.723. The average molecular weight is 246 g/mol. The van der Waals surface area contributed by atoms with Crippen molar-refractivity contribution in [3.63, 3.8) is 0 Å². The number of carbonyl (C=O) groups is 1. The van der Waals surface area contributed by atoms with Gasteiger partial charge in [-0.3, -0.25) is 19.9 Å². The van der Waals surface area contributed by atoms with Gasteiger partial charge in [0, 0.05) is 11.9 Å². The number of nitrogens with two attached hydrogens (primary N) is 1. The summed E-state index contributed by atoms with van der Waals surface area (Å²) in [4.78, 5) is 20.1. The maximum atomic E-state index is 11.9. The Morgan fingerprint density at radius 1 is 1.39 bits per heavy atom. The largest absolute Gasteiger partial charge is 0.382 e. The molecule has 0 aliphatic heterocycles.